The zero-order chi connectivity index (χ0) is 17.7. The number of aryl methyl sites for hydroxylation is 1. The number of aliphatic imine (C=N–C) groups is 1. The molecule has 138 valence electrons. The average molecular weight is 337 g/mol. The molecule has 1 aromatic rings. The summed E-state index contributed by atoms with van der Waals surface area (Å²) in [5.74, 6) is 0.936. The summed E-state index contributed by atoms with van der Waals surface area (Å²) >= 11 is 0. The third-order valence-corrected chi connectivity index (χ3v) is 4.07. The summed E-state index contributed by atoms with van der Waals surface area (Å²) in [6.45, 7) is 12.6. The van der Waals surface area contributed by atoms with E-state index in [1.807, 2.05) is 4.57 Å². The van der Waals surface area contributed by atoms with Gasteiger partial charge in [-0.05, 0) is 31.6 Å². The molecule has 0 saturated heterocycles. The van der Waals surface area contributed by atoms with Crippen molar-refractivity contribution in [1.29, 1.82) is 0 Å². The Labute approximate surface area is 147 Å². The smallest absolute Gasteiger partial charge is 0.191 e. The molecule has 0 unspecified atom stereocenters. The maximum atomic E-state index is 4.78. The van der Waals surface area contributed by atoms with Crippen molar-refractivity contribution in [3.8, 4) is 0 Å². The molecule has 6 heteroatoms. The molecule has 6 nitrogen and oxygen atoms in total. The number of nitrogens with zero attached hydrogens (tertiary/aromatic N) is 4. The van der Waals surface area contributed by atoms with Crippen molar-refractivity contribution < 1.29 is 0 Å². The van der Waals surface area contributed by atoms with E-state index >= 15 is 0 Å². The second-order valence-corrected chi connectivity index (χ2v) is 7.15. The number of hydrogen-bond acceptors (Lipinski definition) is 3. The first kappa shape index (κ1) is 20.5. The average Bonchev–Trinajstić information content (AvgIpc) is 3.06. The number of guanidine groups is 1. The highest BCUT2D eigenvalue weighted by atomic mass is 15.2. The minimum absolute atomic E-state index is 0.270. The Morgan fingerprint density at radius 2 is 1.79 bits per heavy atom. The van der Waals surface area contributed by atoms with Crippen LogP contribution in [0.3, 0.4) is 0 Å². The van der Waals surface area contributed by atoms with E-state index in [0.717, 1.165) is 45.0 Å². The predicted molar refractivity (Wildman–Crippen MR) is 101 cm³/mol. The maximum Gasteiger partial charge on any atom is 0.191 e. The zero-order valence-corrected chi connectivity index (χ0v) is 16.0. The number of hydrogen-bond donors (Lipinski definition) is 2. The third kappa shape index (κ3) is 9.53. The van der Waals surface area contributed by atoms with Crippen LogP contribution >= 0.6 is 0 Å². The molecular weight excluding hydrogens is 300 g/mol. The summed E-state index contributed by atoms with van der Waals surface area (Å²) in [5.41, 5.74) is 0.270. The second kappa shape index (κ2) is 11.9. The summed E-state index contributed by atoms with van der Waals surface area (Å²) in [7, 11) is 0. The van der Waals surface area contributed by atoms with Gasteiger partial charge in [-0.3, -0.25) is 4.99 Å². The summed E-state index contributed by atoms with van der Waals surface area (Å²) in [6.07, 6.45) is 10.9. The molecule has 0 aliphatic heterocycles. The highest BCUT2D eigenvalue weighted by Gasteiger charge is 2.16. The third-order valence-electron chi connectivity index (χ3n) is 4.07. The molecule has 0 amide bonds. The van der Waals surface area contributed by atoms with Crippen LogP contribution in [-0.4, -0.2) is 40.4 Å². The Bertz CT molecular complexity index is 438. The van der Waals surface area contributed by atoms with Gasteiger partial charge in [0.2, 0.25) is 0 Å². The van der Waals surface area contributed by atoms with Crippen LogP contribution < -0.4 is 10.6 Å². The van der Waals surface area contributed by atoms with Crippen molar-refractivity contribution in [2.75, 3.05) is 19.6 Å². The van der Waals surface area contributed by atoms with Gasteiger partial charge in [0.1, 0.15) is 12.7 Å². The summed E-state index contributed by atoms with van der Waals surface area (Å²) < 4.78 is 2.01. The Morgan fingerprint density at radius 1 is 1.04 bits per heavy atom. The fourth-order valence-corrected chi connectivity index (χ4v) is 2.53. The lowest BCUT2D eigenvalue weighted by Crippen LogP contribution is -2.38. The SMILES string of the molecule is CCCCCC(C)(C)CN=C(NCC)NCCCCn1cnnc1. The van der Waals surface area contributed by atoms with Gasteiger partial charge in [-0.25, -0.2) is 0 Å². The van der Waals surface area contributed by atoms with E-state index < -0.39 is 0 Å². The molecule has 0 atom stereocenters. The van der Waals surface area contributed by atoms with Crippen LogP contribution in [0.5, 0.6) is 0 Å². The second-order valence-electron chi connectivity index (χ2n) is 7.15. The van der Waals surface area contributed by atoms with Crippen molar-refractivity contribution in [2.24, 2.45) is 10.4 Å². The van der Waals surface area contributed by atoms with Gasteiger partial charge in [-0.15, -0.1) is 10.2 Å². The van der Waals surface area contributed by atoms with Gasteiger partial charge >= 0.3 is 0 Å². The van der Waals surface area contributed by atoms with Crippen LogP contribution in [0.25, 0.3) is 0 Å². The molecule has 0 saturated carbocycles. The lowest BCUT2D eigenvalue weighted by atomic mass is 9.87. The molecule has 0 bridgehead atoms. The van der Waals surface area contributed by atoms with Crippen molar-refractivity contribution >= 4 is 5.96 Å². The molecule has 0 radical (unpaired) electrons. The van der Waals surface area contributed by atoms with Gasteiger partial charge in [-0.2, -0.15) is 0 Å². The van der Waals surface area contributed by atoms with Gasteiger partial charge in [0.15, 0.2) is 5.96 Å². The predicted octanol–water partition coefficient (Wildman–Crippen LogP) is 3.22. The molecule has 0 fully saturated rings. The van der Waals surface area contributed by atoms with Gasteiger partial charge in [-0.1, -0.05) is 40.0 Å². The molecule has 24 heavy (non-hydrogen) atoms. The number of unbranched alkanes of at least 4 members (excludes halogenated alkanes) is 3. The van der Waals surface area contributed by atoms with Gasteiger partial charge in [0, 0.05) is 26.2 Å². The van der Waals surface area contributed by atoms with Crippen LogP contribution in [0.15, 0.2) is 17.6 Å². The normalized spacial score (nSPS) is 12.4. The number of rotatable bonds is 12. The van der Waals surface area contributed by atoms with Crippen LogP contribution in [0.2, 0.25) is 0 Å². The lowest BCUT2D eigenvalue weighted by molar-refractivity contribution is 0.332. The van der Waals surface area contributed by atoms with Crippen molar-refractivity contribution in [2.45, 2.75) is 72.8 Å². The first-order chi connectivity index (χ1) is 11.6. The first-order valence-corrected chi connectivity index (χ1v) is 9.42. The molecular formula is C18H36N6. The Balaban J connectivity index is 2.28. The quantitative estimate of drug-likeness (QED) is 0.349. The monoisotopic (exact) mass is 336 g/mol. The first-order valence-electron chi connectivity index (χ1n) is 9.42. The molecule has 0 spiro atoms. The fourth-order valence-electron chi connectivity index (χ4n) is 2.53. The summed E-state index contributed by atoms with van der Waals surface area (Å²) in [5, 5.41) is 14.4. The van der Waals surface area contributed by atoms with Gasteiger partial charge < -0.3 is 15.2 Å². The van der Waals surface area contributed by atoms with E-state index in [-0.39, 0.29) is 5.41 Å². The van der Waals surface area contributed by atoms with Crippen molar-refractivity contribution in [1.82, 2.24) is 25.4 Å². The minimum Gasteiger partial charge on any atom is -0.357 e. The maximum absolute atomic E-state index is 4.78. The summed E-state index contributed by atoms with van der Waals surface area (Å²) in [6, 6.07) is 0. The number of nitrogens with one attached hydrogen (secondary N) is 2. The van der Waals surface area contributed by atoms with E-state index in [0.29, 0.717) is 0 Å². The van der Waals surface area contributed by atoms with E-state index in [1.165, 1.54) is 25.7 Å². The highest BCUT2D eigenvalue weighted by molar-refractivity contribution is 5.79. The van der Waals surface area contributed by atoms with Crippen molar-refractivity contribution in [3.63, 3.8) is 0 Å². The molecule has 1 rings (SSSR count). The summed E-state index contributed by atoms with van der Waals surface area (Å²) in [4.78, 5) is 4.78. The van der Waals surface area contributed by atoms with Crippen LogP contribution in [0, 0.1) is 5.41 Å². The molecule has 2 N–H and O–H groups in total. The number of aromatic nitrogens is 3. The minimum atomic E-state index is 0.270. The van der Waals surface area contributed by atoms with Gasteiger partial charge in [0.05, 0.1) is 0 Å². The van der Waals surface area contributed by atoms with Crippen molar-refractivity contribution in [3.05, 3.63) is 12.7 Å². The lowest BCUT2D eigenvalue weighted by Gasteiger charge is -2.23. The van der Waals surface area contributed by atoms with Crippen LogP contribution in [-0.2, 0) is 6.54 Å². The van der Waals surface area contributed by atoms with E-state index in [9.17, 15) is 0 Å². The standard InChI is InChI=1S/C18H36N6/c1-5-7-8-11-18(3,4)14-21-17(19-6-2)20-12-9-10-13-24-15-22-23-16-24/h15-16H,5-14H2,1-4H3,(H2,19,20,21). The van der Waals surface area contributed by atoms with Crippen LogP contribution in [0.4, 0.5) is 0 Å². The largest absolute Gasteiger partial charge is 0.357 e. The fraction of sp³-hybridized carbons (Fsp3) is 0.833. The van der Waals surface area contributed by atoms with Crippen LogP contribution in [0.1, 0.15) is 66.2 Å². The Hall–Kier alpha value is -1.59. The Morgan fingerprint density at radius 3 is 2.46 bits per heavy atom. The van der Waals surface area contributed by atoms with E-state index in [2.05, 4.69) is 48.5 Å². The molecule has 0 aromatic carbocycles. The molecule has 1 heterocycles. The topological polar surface area (TPSA) is 67.1 Å². The molecule has 0 aliphatic carbocycles. The Kier molecular flexibility index (Phi) is 10.1. The van der Waals surface area contributed by atoms with E-state index in [1.54, 1.807) is 12.7 Å². The van der Waals surface area contributed by atoms with Gasteiger partial charge in [0.25, 0.3) is 0 Å². The highest BCUT2D eigenvalue weighted by Crippen LogP contribution is 2.23. The molecule has 0 aliphatic rings. The van der Waals surface area contributed by atoms with E-state index in [4.69, 9.17) is 4.99 Å². The molecule has 1 aromatic heterocycles. The zero-order valence-electron chi connectivity index (χ0n) is 16.0.